The lowest BCUT2D eigenvalue weighted by molar-refractivity contribution is -0.139. The molecule has 1 aromatic rings. The van der Waals surface area contributed by atoms with Gasteiger partial charge in [-0.05, 0) is 24.0 Å². The summed E-state index contributed by atoms with van der Waals surface area (Å²) in [6.07, 6.45) is 3.53. The fourth-order valence-electron chi connectivity index (χ4n) is 2.41. The molecule has 114 valence electrons. The Hall–Kier alpha value is -1.46. The highest BCUT2D eigenvalue weighted by Gasteiger charge is 2.29. The van der Waals surface area contributed by atoms with Crippen LogP contribution in [-0.2, 0) is 22.5 Å². The Morgan fingerprint density at radius 1 is 1.38 bits per heavy atom. The number of methoxy groups -OCH3 is 1. The van der Waals surface area contributed by atoms with Crippen LogP contribution in [0.1, 0.15) is 30.4 Å². The highest BCUT2D eigenvalue weighted by Crippen LogP contribution is 2.29. The zero-order valence-corrected chi connectivity index (χ0v) is 13.2. The van der Waals surface area contributed by atoms with Crippen molar-refractivity contribution in [3.8, 4) is 0 Å². The molecule has 21 heavy (non-hydrogen) atoms. The minimum absolute atomic E-state index is 0.205. The maximum absolute atomic E-state index is 11.5. The molecule has 0 unspecified atom stereocenters. The Balaban J connectivity index is 2.05. The Morgan fingerprint density at radius 3 is 2.62 bits per heavy atom. The Bertz CT molecular complexity index is 515. The number of ether oxygens (including phenoxy) is 1. The van der Waals surface area contributed by atoms with E-state index in [1.54, 1.807) is 0 Å². The number of carbonyl (C=O) groups excluding carboxylic acids is 1. The molecule has 2 rings (SSSR count). The van der Waals surface area contributed by atoms with Crippen molar-refractivity contribution in [2.45, 2.75) is 38.3 Å². The standard InChI is InChI=1S/C16H22N2O2S/c1-20-16(19)10-12-4-2-3-5-13(12)11-18(14-6-7-14)9-8-15(17)21/h2-5,14H,6-11H2,1H3,(H2,17,21). The highest BCUT2D eigenvalue weighted by molar-refractivity contribution is 7.80. The number of carbonyl (C=O) groups is 1. The third kappa shape index (κ3) is 5.10. The van der Waals surface area contributed by atoms with Crippen LogP contribution in [-0.4, -0.2) is 35.6 Å². The number of hydrogen-bond donors (Lipinski definition) is 1. The number of benzene rings is 1. The highest BCUT2D eigenvalue weighted by atomic mass is 32.1. The molecule has 1 saturated carbocycles. The number of rotatable bonds is 8. The van der Waals surface area contributed by atoms with Gasteiger partial charge in [0, 0.05) is 25.6 Å². The Morgan fingerprint density at radius 2 is 2.05 bits per heavy atom. The lowest BCUT2D eigenvalue weighted by Gasteiger charge is -2.23. The molecule has 1 fully saturated rings. The fraction of sp³-hybridized carbons (Fsp3) is 0.500. The number of nitrogens with zero attached hydrogens (tertiary/aromatic N) is 1. The predicted molar refractivity (Wildman–Crippen MR) is 87.0 cm³/mol. The van der Waals surface area contributed by atoms with Crippen molar-refractivity contribution < 1.29 is 9.53 Å². The van der Waals surface area contributed by atoms with Crippen molar-refractivity contribution in [2.24, 2.45) is 5.73 Å². The van der Waals surface area contributed by atoms with Crippen LogP contribution < -0.4 is 5.73 Å². The molecule has 1 aliphatic carbocycles. The first-order valence-corrected chi connectivity index (χ1v) is 7.67. The maximum atomic E-state index is 11.5. The largest absolute Gasteiger partial charge is 0.469 e. The predicted octanol–water partition coefficient (Wildman–Crippen LogP) is 2.04. The molecule has 0 bridgehead atoms. The molecule has 0 aliphatic heterocycles. The van der Waals surface area contributed by atoms with E-state index in [0.29, 0.717) is 17.5 Å². The number of nitrogens with two attached hydrogens (primary N) is 1. The average Bonchev–Trinajstić information content (AvgIpc) is 3.29. The van der Waals surface area contributed by atoms with Crippen LogP contribution in [0.4, 0.5) is 0 Å². The van der Waals surface area contributed by atoms with E-state index in [0.717, 1.165) is 25.1 Å². The van der Waals surface area contributed by atoms with E-state index < -0.39 is 0 Å². The van der Waals surface area contributed by atoms with E-state index in [2.05, 4.69) is 11.0 Å². The van der Waals surface area contributed by atoms with Gasteiger partial charge in [0.25, 0.3) is 0 Å². The van der Waals surface area contributed by atoms with Crippen molar-refractivity contribution >= 4 is 23.2 Å². The third-order valence-electron chi connectivity index (χ3n) is 3.76. The normalized spacial score (nSPS) is 14.2. The second-order valence-corrected chi connectivity index (χ2v) is 5.96. The van der Waals surface area contributed by atoms with Gasteiger partial charge in [-0.3, -0.25) is 9.69 Å². The van der Waals surface area contributed by atoms with Gasteiger partial charge in [0.05, 0.1) is 18.5 Å². The van der Waals surface area contributed by atoms with Crippen LogP contribution in [0.15, 0.2) is 24.3 Å². The quantitative estimate of drug-likeness (QED) is 0.588. The van der Waals surface area contributed by atoms with Crippen LogP contribution in [0, 0.1) is 0 Å². The molecule has 0 radical (unpaired) electrons. The second kappa shape index (κ2) is 7.52. The molecule has 0 heterocycles. The summed E-state index contributed by atoms with van der Waals surface area (Å²) in [7, 11) is 1.42. The van der Waals surface area contributed by atoms with E-state index in [1.807, 2.05) is 18.2 Å². The van der Waals surface area contributed by atoms with Crippen molar-refractivity contribution in [3.63, 3.8) is 0 Å². The van der Waals surface area contributed by atoms with Gasteiger partial charge < -0.3 is 10.5 Å². The van der Waals surface area contributed by atoms with Crippen LogP contribution in [0.2, 0.25) is 0 Å². The second-order valence-electron chi connectivity index (χ2n) is 5.44. The van der Waals surface area contributed by atoms with Gasteiger partial charge in [-0.25, -0.2) is 0 Å². The van der Waals surface area contributed by atoms with E-state index >= 15 is 0 Å². The molecule has 0 saturated heterocycles. The van der Waals surface area contributed by atoms with E-state index in [9.17, 15) is 4.79 Å². The smallest absolute Gasteiger partial charge is 0.309 e. The van der Waals surface area contributed by atoms with Crippen molar-refractivity contribution in [3.05, 3.63) is 35.4 Å². The van der Waals surface area contributed by atoms with Gasteiger partial charge in [0.2, 0.25) is 0 Å². The molecule has 4 nitrogen and oxygen atoms in total. The summed E-state index contributed by atoms with van der Waals surface area (Å²) in [6, 6.07) is 8.66. The monoisotopic (exact) mass is 306 g/mol. The van der Waals surface area contributed by atoms with Crippen molar-refractivity contribution in [1.82, 2.24) is 4.90 Å². The van der Waals surface area contributed by atoms with Gasteiger partial charge >= 0.3 is 5.97 Å². The summed E-state index contributed by atoms with van der Waals surface area (Å²) in [5, 5.41) is 0. The van der Waals surface area contributed by atoms with E-state index in [1.165, 1.54) is 25.5 Å². The number of hydrogen-bond acceptors (Lipinski definition) is 4. The van der Waals surface area contributed by atoms with Crippen LogP contribution in [0.25, 0.3) is 0 Å². The molecular weight excluding hydrogens is 284 g/mol. The SMILES string of the molecule is COC(=O)Cc1ccccc1CN(CCC(N)=S)C1CC1. The minimum atomic E-state index is -0.205. The average molecular weight is 306 g/mol. The molecule has 1 aromatic carbocycles. The number of thiocarbonyl (C=S) groups is 1. The van der Waals surface area contributed by atoms with Crippen LogP contribution in [0.3, 0.4) is 0 Å². The van der Waals surface area contributed by atoms with Crippen molar-refractivity contribution in [2.75, 3.05) is 13.7 Å². The summed E-state index contributed by atoms with van der Waals surface area (Å²) in [5.74, 6) is -0.205. The van der Waals surface area contributed by atoms with E-state index in [4.69, 9.17) is 22.7 Å². The maximum Gasteiger partial charge on any atom is 0.309 e. The first kappa shape index (κ1) is 15.9. The minimum Gasteiger partial charge on any atom is -0.469 e. The lowest BCUT2D eigenvalue weighted by atomic mass is 10.0. The van der Waals surface area contributed by atoms with Gasteiger partial charge in [0.15, 0.2) is 0 Å². The van der Waals surface area contributed by atoms with Gasteiger partial charge in [0.1, 0.15) is 0 Å². The zero-order chi connectivity index (χ0) is 15.2. The molecule has 0 atom stereocenters. The summed E-state index contributed by atoms with van der Waals surface area (Å²) >= 11 is 4.97. The van der Waals surface area contributed by atoms with Crippen LogP contribution >= 0.6 is 12.2 Å². The molecule has 0 spiro atoms. The molecular formula is C16H22N2O2S. The summed E-state index contributed by atoms with van der Waals surface area (Å²) in [5.41, 5.74) is 7.82. The summed E-state index contributed by atoms with van der Waals surface area (Å²) in [4.78, 5) is 14.5. The third-order valence-corrected chi connectivity index (χ3v) is 3.97. The molecule has 2 N–H and O–H groups in total. The van der Waals surface area contributed by atoms with Gasteiger partial charge in [-0.15, -0.1) is 0 Å². The molecule has 1 aliphatic rings. The summed E-state index contributed by atoms with van der Waals surface area (Å²) < 4.78 is 4.77. The van der Waals surface area contributed by atoms with Gasteiger partial charge in [-0.2, -0.15) is 0 Å². The fourth-order valence-corrected chi connectivity index (χ4v) is 2.51. The van der Waals surface area contributed by atoms with Gasteiger partial charge in [-0.1, -0.05) is 36.5 Å². The first-order chi connectivity index (χ1) is 10.1. The topological polar surface area (TPSA) is 55.6 Å². The Kier molecular flexibility index (Phi) is 5.70. The number of esters is 1. The van der Waals surface area contributed by atoms with Crippen molar-refractivity contribution in [1.29, 1.82) is 0 Å². The summed E-state index contributed by atoms with van der Waals surface area (Å²) in [6.45, 7) is 1.72. The lowest BCUT2D eigenvalue weighted by Crippen LogP contribution is -2.29. The molecule has 5 heteroatoms. The molecule has 0 aromatic heterocycles. The van der Waals surface area contributed by atoms with E-state index in [-0.39, 0.29) is 5.97 Å². The first-order valence-electron chi connectivity index (χ1n) is 7.26. The Labute approximate surface area is 131 Å². The zero-order valence-electron chi connectivity index (χ0n) is 12.4. The molecule has 0 amide bonds. The van der Waals surface area contributed by atoms with Crippen LogP contribution in [0.5, 0.6) is 0 Å².